The summed E-state index contributed by atoms with van der Waals surface area (Å²) in [7, 11) is 1.59. The van der Waals surface area contributed by atoms with Gasteiger partial charge in [0.2, 0.25) is 5.91 Å². The first kappa shape index (κ1) is 71.9. The molecule has 3 N–H and O–H groups in total. The summed E-state index contributed by atoms with van der Waals surface area (Å²) in [4.78, 5) is 23.3. The topological polar surface area (TPSA) is 105 Å². The van der Waals surface area contributed by atoms with E-state index in [1.807, 2.05) is 21.1 Å². The Morgan fingerprint density at radius 2 is 0.800 bits per heavy atom. The fraction of sp³-hybridized carbons (Fsp3) is 0.682. The Labute approximate surface area is 463 Å². The standard InChI is InChI=1S/C66H115N2O6P/c1-6-8-10-12-14-16-18-20-22-24-25-26-27-28-29-30-31-32-33-34-35-36-37-38-39-40-41-42-43-44-46-48-50-52-54-56-58-60-66(70)67-64(63-74-75(71,72)73-62-61-68(3,4)5)65(69)59-57-55-53-51-49-47-45-23-21-19-17-15-13-11-9-7-2/h8,10,14,16,20,22,25-26,28-29,31-32,34-35,37-38,40-41,43-44,64-65,69H,6-7,9,11-13,15,17-19,21,23-24,27,30,33,36,39,42,45-63H2,1-5H3,(H-,67,70,71,72)/p+1/b10-8-,16-14-,22-20-,26-25-,29-28-,32-31-,35-34-,38-37-,41-40-,44-43-. The van der Waals surface area contributed by atoms with Crippen LogP contribution in [-0.4, -0.2) is 73.4 Å². The van der Waals surface area contributed by atoms with Crippen molar-refractivity contribution in [1.29, 1.82) is 0 Å². The van der Waals surface area contributed by atoms with E-state index in [-0.39, 0.29) is 19.1 Å². The summed E-state index contributed by atoms with van der Waals surface area (Å²) < 4.78 is 23.8. The van der Waals surface area contributed by atoms with E-state index >= 15 is 0 Å². The summed E-state index contributed by atoms with van der Waals surface area (Å²) >= 11 is 0. The Balaban J connectivity index is 4.18. The number of likely N-dealkylation sites (N-methyl/N-ethyl adjacent to an activating group) is 1. The second kappa shape index (κ2) is 55.6. The van der Waals surface area contributed by atoms with Crippen molar-refractivity contribution in [1.82, 2.24) is 5.32 Å². The van der Waals surface area contributed by atoms with Gasteiger partial charge in [-0.15, -0.1) is 0 Å². The fourth-order valence-electron chi connectivity index (χ4n) is 8.25. The number of aliphatic hydroxyl groups is 1. The van der Waals surface area contributed by atoms with Crippen molar-refractivity contribution in [2.24, 2.45) is 0 Å². The zero-order valence-corrected chi connectivity index (χ0v) is 49.9. The van der Waals surface area contributed by atoms with E-state index in [9.17, 15) is 19.4 Å². The van der Waals surface area contributed by atoms with Crippen molar-refractivity contribution in [2.45, 2.75) is 251 Å². The molecule has 430 valence electrons. The third-order valence-corrected chi connectivity index (χ3v) is 14.0. The lowest BCUT2D eigenvalue weighted by molar-refractivity contribution is -0.870. The number of carbonyl (C=O) groups excluding carboxylic acids is 1. The average molecular weight is 1060 g/mol. The van der Waals surface area contributed by atoms with E-state index in [0.717, 1.165) is 116 Å². The Morgan fingerprint density at radius 3 is 1.17 bits per heavy atom. The Morgan fingerprint density at radius 1 is 0.467 bits per heavy atom. The molecule has 0 aromatic carbocycles. The van der Waals surface area contributed by atoms with Gasteiger partial charge in [0.25, 0.3) is 0 Å². The molecule has 8 nitrogen and oxygen atoms in total. The smallest absolute Gasteiger partial charge is 0.391 e. The number of rotatable bonds is 54. The lowest BCUT2D eigenvalue weighted by Crippen LogP contribution is -2.46. The van der Waals surface area contributed by atoms with Crippen LogP contribution in [0.5, 0.6) is 0 Å². The molecule has 0 saturated carbocycles. The molecular weight excluding hydrogens is 948 g/mol. The van der Waals surface area contributed by atoms with Crippen LogP contribution >= 0.6 is 7.82 Å². The van der Waals surface area contributed by atoms with Gasteiger partial charge in [0.15, 0.2) is 0 Å². The molecule has 0 aliphatic carbocycles. The number of allylic oxidation sites excluding steroid dienone is 20. The highest BCUT2D eigenvalue weighted by Gasteiger charge is 2.28. The SMILES string of the molecule is CC/C=C\C/C=C\C/C=C\C/C=C\C/C=C\C/C=C\C/C=C\C/C=C\C/C=C\C/C=C\CCCCCCCCC(=O)NC(COP(=O)(O)OCC[N+](C)(C)C)C(O)CCCCCCCCCCCCCCCCCC. The van der Waals surface area contributed by atoms with E-state index in [1.54, 1.807) is 0 Å². The van der Waals surface area contributed by atoms with E-state index < -0.39 is 20.0 Å². The lowest BCUT2D eigenvalue weighted by Gasteiger charge is -2.26. The summed E-state index contributed by atoms with van der Waals surface area (Å²) in [6.07, 6.45) is 82.6. The molecular formula is C66H116N2O6P+. The number of amides is 1. The maximum absolute atomic E-state index is 13.0. The number of phosphoric ester groups is 1. The first-order valence-electron chi connectivity index (χ1n) is 30.4. The van der Waals surface area contributed by atoms with Crippen LogP contribution in [-0.2, 0) is 18.4 Å². The van der Waals surface area contributed by atoms with Crippen molar-refractivity contribution >= 4 is 13.7 Å². The van der Waals surface area contributed by atoms with Crippen LogP contribution in [0.15, 0.2) is 122 Å². The van der Waals surface area contributed by atoms with Crippen LogP contribution in [0.2, 0.25) is 0 Å². The van der Waals surface area contributed by atoms with Crippen molar-refractivity contribution < 1.29 is 32.9 Å². The number of hydrogen-bond donors (Lipinski definition) is 3. The van der Waals surface area contributed by atoms with Gasteiger partial charge in [0.1, 0.15) is 13.2 Å². The molecule has 0 aliphatic rings. The van der Waals surface area contributed by atoms with E-state index in [1.165, 1.54) is 96.3 Å². The molecule has 9 heteroatoms. The average Bonchev–Trinajstić information content (AvgIpc) is 3.37. The van der Waals surface area contributed by atoms with Crippen LogP contribution in [0, 0.1) is 0 Å². The molecule has 0 aromatic rings. The molecule has 3 atom stereocenters. The number of nitrogens with zero attached hydrogens (tertiary/aromatic N) is 1. The number of aliphatic hydroxyl groups excluding tert-OH is 1. The van der Waals surface area contributed by atoms with Gasteiger partial charge in [-0.05, 0) is 89.9 Å². The Bertz CT molecular complexity index is 1630. The Kier molecular flexibility index (Phi) is 53.3. The predicted molar refractivity (Wildman–Crippen MR) is 327 cm³/mol. The maximum Gasteiger partial charge on any atom is 0.472 e. The molecule has 0 heterocycles. The maximum atomic E-state index is 13.0. The van der Waals surface area contributed by atoms with Crippen molar-refractivity contribution in [3.8, 4) is 0 Å². The fourth-order valence-corrected chi connectivity index (χ4v) is 8.99. The molecule has 0 rings (SSSR count). The predicted octanol–water partition coefficient (Wildman–Crippen LogP) is 18.9. The summed E-state index contributed by atoms with van der Waals surface area (Å²) in [5.74, 6) is -0.163. The normalized spacial score (nSPS) is 14.7. The van der Waals surface area contributed by atoms with Gasteiger partial charge in [-0.1, -0.05) is 264 Å². The van der Waals surface area contributed by atoms with Crippen molar-refractivity contribution in [3.05, 3.63) is 122 Å². The number of nitrogens with one attached hydrogen (secondary N) is 1. The minimum atomic E-state index is -4.34. The molecule has 0 aromatic heterocycles. The number of quaternary nitrogens is 1. The molecule has 75 heavy (non-hydrogen) atoms. The number of hydrogen-bond acceptors (Lipinski definition) is 5. The summed E-state index contributed by atoms with van der Waals surface area (Å²) in [5.41, 5.74) is 0. The van der Waals surface area contributed by atoms with Crippen molar-refractivity contribution in [2.75, 3.05) is 40.9 Å². The van der Waals surface area contributed by atoms with Gasteiger partial charge in [-0.2, -0.15) is 0 Å². The second-order valence-electron chi connectivity index (χ2n) is 21.3. The largest absolute Gasteiger partial charge is 0.472 e. The highest BCUT2D eigenvalue weighted by molar-refractivity contribution is 7.47. The van der Waals surface area contributed by atoms with Crippen LogP contribution in [0.3, 0.4) is 0 Å². The first-order valence-corrected chi connectivity index (χ1v) is 31.9. The Hall–Kier alpha value is -3.10. The third kappa shape index (κ3) is 58.4. The second-order valence-corrected chi connectivity index (χ2v) is 22.8. The van der Waals surface area contributed by atoms with E-state index in [2.05, 4.69) is 141 Å². The van der Waals surface area contributed by atoms with Gasteiger partial charge in [-0.3, -0.25) is 13.8 Å². The van der Waals surface area contributed by atoms with Crippen LogP contribution < -0.4 is 5.32 Å². The molecule has 0 fully saturated rings. The zero-order chi connectivity index (χ0) is 54.9. The summed E-state index contributed by atoms with van der Waals surface area (Å²) in [6.45, 7) is 4.76. The quantitative estimate of drug-likeness (QED) is 0.0243. The molecule has 0 spiro atoms. The lowest BCUT2D eigenvalue weighted by atomic mass is 10.0. The van der Waals surface area contributed by atoms with Gasteiger partial charge in [0, 0.05) is 6.42 Å². The number of phosphoric acid groups is 1. The van der Waals surface area contributed by atoms with Gasteiger partial charge >= 0.3 is 7.82 Å². The third-order valence-electron chi connectivity index (χ3n) is 13.0. The van der Waals surface area contributed by atoms with E-state index in [0.29, 0.717) is 23.9 Å². The minimum absolute atomic E-state index is 0.0656. The first-order chi connectivity index (χ1) is 36.5. The summed E-state index contributed by atoms with van der Waals surface area (Å²) in [5, 5.41) is 14.1. The van der Waals surface area contributed by atoms with E-state index in [4.69, 9.17) is 9.05 Å². The molecule has 3 unspecified atom stereocenters. The molecule has 0 bridgehead atoms. The molecule has 0 radical (unpaired) electrons. The highest BCUT2D eigenvalue weighted by atomic mass is 31.2. The summed E-state index contributed by atoms with van der Waals surface area (Å²) in [6, 6.07) is -0.777. The zero-order valence-electron chi connectivity index (χ0n) is 49.0. The van der Waals surface area contributed by atoms with Gasteiger partial charge in [-0.25, -0.2) is 4.57 Å². The van der Waals surface area contributed by atoms with Crippen LogP contribution in [0.4, 0.5) is 0 Å². The molecule has 1 amide bonds. The van der Waals surface area contributed by atoms with Crippen LogP contribution in [0.25, 0.3) is 0 Å². The molecule has 0 aliphatic heterocycles. The number of carbonyl (C=O) groups is 1. The van der Waals surface area contributed by atoms with Gasteiger partial charge < -0.3 is 19.8 Å². The van der Waals surface area contributed by atoms with Gasteiger partial charge in [0.05, 0.1) is 39.9 Å². The van der Waals surface area contributed by atoms with Crippen LogP contribution in [0.1, 0.15) is 239 Å². The highest BCUT2D eigenvalue weighted by Crippen LogP contribution is 2.43. The molecule has 0 saturated heterocycles. The van der Waals surface area contributed by atoms with Crippen molar-refractivity contribution in [3.63, 3.8) is 0 Å². The monoisotopic (exact) mass is 1060 g/mol. The number of unbranched alkanes of at least 4 members (excludes halogenated alkanes) is 21. The minimum Gasteiger partial charge on any atom is -0.391 e.